The van der Waals surface area contributed by atoms with Crippen LogP contribution >= 0.6 is 0 Å². The highest BCUT2D eigenvalue weighted by Gasteiger charge is 2.17. The summed E-state index contributed by atoms with van der Waals surface area (Å²) in [6.45, 7) is 3.91. The molecule has 1 saturated heterocycles. The molecule has 1 aliphatic heterocycles. The van der Waals surface area contributed by atoms with Crippen LogP contribution in [0.5, 0.6) is 0 Å². The van der Waals surface area contributed by atoms with E-state index in [2.05, 4.69) is 6.92 Å². The lowest BCUT2D eigenvalue weighted by Gasteiger charge is -2.26. The van der Waals surface area contributed by atoms with Gasteiger partial charge in [-0.2, -0.15) is 0 Å². The predicted octanol–water partition coefficient (Wildman–Crippen LogP) is 1.15. The third-order valence-electron chi connectivity index (χ3n) is 2.17. The maximum Gasteiger partial charge on any atom is 0.0549 e. The van der Waals surface area contributed by atoms with Gasteiger partial charge in [-0.25, -0.2) is 0 Å². The molecule has 2 heteroatoms. The van der Waals surface area contributed by atoms with Gasteiger partial charge in [0.15, 0.2) is 0 Å². The first-order valence-corrected chi connectivity index (χ1v) is 4.14. The Bertz CT molecular complexity index is 93.3. The molecule has 0 aromatic heterocycles. The van der Waals surface area contributed by atoms with Gasteiger partial charge in [-0.1, -0.05) is 0 Å². The first-order valence-electron chi connectivity index (χ1n) is 4.14. The van der Waals surface area contributed by atoms with Crippen LogP contribution < -0.4 is 5.73 Å². The number of rotatable bonds is 2. The maximum atomic E-state index is 5.46. The molecule has 1 fully saturated rings. The molecule has 1 heterocycles. The molecule has 2 N–H and O–H groups in total. The van der Waals surface area contributed by atoms with E-state index in [4.69, 9.17) is 10.5 Å². The summed E-state index contributed by atoms with van der Waals surface area (Å²) in [7, 11) is 0. The Morgan fingerprint density at radius 1 is 1.60 bits per heavy atom. The molecule has 1 rings (SSSR count). The zero-order valence-corrected chi connectivity index (χ0v) is 6.68. The molecule has 0 unspecified atom stereocenters. The molecule has 10 heavy (non-hydrogen) atoms. The Morgan fingerprint density at radius 2 is 2.40 bits per heavy atom. The SMILES string of the molecule is C[C@H]1C[C@H](CCN)CCO1. The summed E-state index contributed by atoms with van der Waals surface area (Å²) in [5.74, 6) is 0.828. The average molecular weight is 143 g/mol. The van der Waals surface area contributed by atoms with E-state index in [0.29, 0.717) is 6.10 Å². The van der Waals surface area contributed by atoms with Gasteiger partial charge in [-0.3, -0.25) is 0 Å². The molecule has 0 aromatic rings. The molecule has 0 bridgehead atoms. The van der Waals surface area contributed by atoms with Crippen molar-refractivity contribution in [3.8, 4) is 0 Å². The Labute approximate surface area is 62.7 Å². The van der Waals surface area contributed by atoms with Crippen LogP contribution in [0.25, 0.3) is 0 Å². The van der Waals surface area contributed by atoms with Crippen LogP contribution in [0.15, 0.2) is 0 Å². The largest absolute Gasteiger partial charge is 0.378 e. The first-order chi connectivity index (χ1) is 4.83. The van der Waals surface area contributed by atoms with Crippen molar-refractivity contribution < 1.29 is 4.74 Å². The molecule has 0 saturated carbocycles. The molecule has 0 radical (unpaired) electrons. The minimum atomic E-state index is 0.463. The predicted molar refractivity (Wildman–Crippen MR) is 41.8 cm³/mol. The maximum absolute atomic E-state index is 5.46. The lowest BCUT2D eigenvalue weighted by atomic mass is 9.93. The summed E-state index contributed by atoms with van der Waals surface area (Å²) in [5, 5.41) is 0. The van der Waals surface area contributed by atoms with E-state index < -0.39 is 0 Å². The van der Waals surface area contributed by atoms with Crippen molar-refractivity contribution in [1.29, 1.82) is 0 Å². The van der Waals surface area contributed by atoms with Gasteiger partial charge in [0, 0.05) is 6.61 Å². The van der Waals surface area contributed by atoms with E-state index in [0.717, 1.165) is 19.1 Å². The van der Waals surface area contributed by atoms with Gasteiger partial charge in [-0.05, 0) is 38.6 Å². The fourth-order valence-electron chi connectivity index (χ4n) is 1.59. The van der Waals surface area contributed by atoms with E-state index in [1.807, 2.05) is 0 Å². The highest BCUT2D eigenvalue weighted by Crippen LogP contribution is 2.21. The van der Waals surface area contributed by atoms with E-state index in [9.17, 15) is 0 Å². The van der Waals surface area contributed by atoms with Gasteiger partial charge in [-0.15, -0.1) is 0 Å². The minimum Gasteiger partial charge on any atom is -0.378 e. The topological polar surface area (TPSA) is 35.2 Å². The summed E-state index contributed by atoms with van der Waals surface area (Å²) in [6, 6.07) is 0. The molecule has 0 aliphatic carbocycles. The van der Waals surface area contributed by atoms with Crippen LogP contribution in [-0.2, 0) is 4.74 Å². The third kappa shape index (κ3) is 2.27. The van der Waals surface area contributed by atoms with Crippen LogP contribution in [0.4, 0.5) is 0 Å². The van der Waals surface area contributed by atoms with Gasteiger partial charge in [0.05, 0.1) is 6.10 Å². The molecule has 0 aromatic carbocycles. The Morgan fingerprint density at radius 3 is 3.00 bits per heavy atom. The van der Waals surface area contributed by atoms with Crippen molar-refractivity contribution >= 4 is 0 Å². The summed E-state index contributed by atoms with van der Waals surface area (Å²) in [4.78, 5) is 0. The summed E-state index contributed by atoms with van der Waals surface area (Å²) in [6.07, 6.45) is 4.05. The molecule has 0 amide bonds. The standard InChI is InChI=1S/C8H17NO/c1-7-6-8(2-4-9)3-5-10-7/h7-8H,2-6,9H2,1H3/t7-,8+/m0/s1. The van der Waals surface area contributed by atoms with Gasteiger partial charge in [0.1, 0.15) is 0 Å². The second-order valence-electron chi connectivity index (χ2n) is 3.15. The van der Waals surface area contributed by atoms with Gasteiger partial charge < -0.3 is 10.5 Å². The van der Waals surface area contributed by atoms with Crippen molar-refractivity contribution in [2.45, 2.75) is 32.3 Å². The number of hydrogen-bond acceptors (Lipinski definition) is 2. The van der Waals surface area contributed by atoms with E-state index in [1.54, 1.807) is 0 Å². The van der Waals surface area contributed by atoms with Crippen molar-refractivity contribution in [1.82, 2.24) is 0 Å². The quantitative estimate of drug-likeness (QED) is 0.629. The Balaban J connectivity index is 2.18. The van der Waals surface area contributed by atoms with E-state index in [1.165, 1.54) is 19.3 Å². The molecular formula is C8H17NO. The molecule has 2 atom stereocenters. The highest BCUT2D eigenvalue weighted by molar-refractivity contribution is 4.68. The average Bonchev–Trinajstić information content (AvgIpc) is 1.88. The van der Waals surface area contributed by atoms with Crippen LogP contribution in [-0.4, -0.2) is 19.3 Å². The normalized spacial score (nSPS) is 34.2. The van der Waals surface area contributed by atoms with Crippen LogP contribution in [0.2, 0.25) is 0 Å². The second-order valence-corrected chi connectivity index (χ2v) is 3.15. The minimum absolute atomic E-state index is 0.463. The highest BCUT2D eigenvalue weighted by atomic mass is 16.5. The molecule has 2 nitrogen and oxygen atoms in total. The summed E-state index contributed by atoms with van der Waals surface area (Å²) >= 11 is 0. The molecular weight excluding hydrogens is 126 g/mol. The third-order valence-corrected chi connectivity index (χ3v) is 2.17. The monoisotopic (exact) mass is 143 g/mol. The Hall–Kier alpha value is -0.0800. The zero-order valence-electron chi connectivity index (χ0n) is 6.68. The first kappa shape index (κ1) is 8.02. The van der Waals surface area contributed by atoms with Crippen LogP contribution in [0, 0.1) is 5.92 Å². The fourth-order valence-corrected chi connectivity index (χ4v) is 1.59. The van der Waals surface area contributed by atoms with Crippen molar-refractivity contribution in [2.75, 3.05) is 13.2 Å². The van der Waals surface area contributed by atoms with Crippen molar-refractivity contribution in [2.24, 2.45) is 11.7 Å². The molecule has 0 spiro atoms. The van der Waals surface area contributed by atoms with Crippen LogP contribution in [0.1, 0.15) is 26.2 Å². The summed E-state index contributed by atoms with van der Waals surface area (Å²) < 4.78 is 5.41. The lowest BCUT2D eigenvalue weighted by Crippen LogP contribution is -2.24. The lowest BCUT2D eigenvalue weighted by molar-refractivity contribution is 0.00145. The summed E-state index contributed by atoms with van der Waals surface area (Å²) in [5.41, 5.74) is 5.46. The van der Waals surface area contributed by atoms with Crippen molar-refractivity contribution in [3.05, 3.63) is 0 Å². The zero-order chi connectivity index (χ0) is 7.40. The van der Waals surface area contributed by atoms with Crippen LogP contribution in [0.3, 0.4) is 0 Å². The van der Waals surface area contributed by atoms with Gasteiger partial charge >= 0.3 is 0 Å². The molecule has 60 valence electrons. The number of ether oxygens (including phenoxy) is 1. The van der Waals surface area contributed by atoms with E-state index in [-0.39, 0.29) is 0 Å². The van der Waals surface area contributed by atoms with Crippen molar-refractivity contribution in [3.63, 3.8) is 0 Å². The number of hydrogen-bond donors (Lipinski definition) is 1. The Kier molecular flexibility index (Phi) is 3.16. The molecule has 1 aliphatic rings. The van der Waals surface area contributed by atoms with Gasteiger partial charge in [0.2, 0.25) is 0 Å². The fraction of sp³-hybridized carbons (Fsp3) is 1.00. The smallest absolute Gasteiger partial charge is 0.0549 e. The van der Waals surface area contributed by atoms with Gasteiger partial charge in [0.25, 0.3) is 0 Å². The van der Waals surface area contributed by atoms with E-state index >= 15 is 0 Å². The number of nitrogens with two attached hydrogens (primary N) is 1. The second kappa shape index (κ2) is 3.94.